The molecule has 0 N–H and O–H groups in total. The number of rotatable bonds is 5. The molecule has 0 aliphatic carbocycles. The minimum absolute atomic E-state index is 0.0636. The number of hydrogen-bond acceptors (Lipinski definition) is 1. The van der Waals surface area contributed by atoms with E-state index in [9.17, 15) is 0 Å². The van der Waals surface area contributed by atoms with Crippen LogP contribution in [0.2, 0.25) is 0 Å². The molecule has 1 heteroatoms. The van der Waals surface area contributed by atoms with Gasteiger partial charge in [-0.2, -0.15) is 0 Å². The monoisotopic (exact) mass is 246 g/mol. The summed E-state index contributed by atoms with van der Waals surface area (Å²) in [6.45, 7) is 17.8. The Morgan fingerprint density at radius 3 is 2.11 bits per heavy atom. The average Bonchev–Trinajstić information content (AvgIpc) is 2.13. The Hall–Kier alpha value is -1.24. The van der Waals surface area contributed by atoms with Crippen LogP contribution in [0.3, 0.4) is 0 Å². The molecule has 1 aromatic rings. The third-order valence-corrected chi connectivity index (χ3v) is 3.34. The summed E-state index contributed by atoms with van der Waals surface area (Å²) >= 11 is 0. The van der Waals surface area contributed by atoms with Gasteiger partial charge < -0.3 is 4.74 Å². The molecule has 0 amide bonds. The van der Waals surface area contributed by atoms with Gasteiger partial charge >= 0.3 is 0 Å². The lowest BCUT2D eigenvalue weighted by molar-refractivity contribution is 0.205. The first-order valence-corrected chi connectivity index (χ1v) is 6.67. The fourth-order valence-corrected chi connectivity index (χ4v) is 3.08. The van der Waals surface area contributed by atoms with Gasteiger partial charge in [0.1, 0.15) is 0 Å². The zero-order valence-electron chi connectivity index (χ0n) is 12.7. The first kappa shape index (κ1) is 14.8. The highest BCUT2D eigenvalue weighted by Crippen LogP contribution is 2.35. The zero-order chi connectivity index (χ0) is 13.9. The fourth-order valence-electron chi connectivity index (χ4n) is 3.08. The van der Waals surface area contributed by atoms with E-state index in [4.69, 9.17) is 4.74 Å². The van der Waals surface area contributed by atoms with Crippen molar-refractivity contribution in [3.05, 3.63) is 46.7 Å². The first-order valence-electron chi connectivity index (χ1n) is 6.67. The second-order valence-electron chi connectivity index (χ2n) is 5.81. The zero-order valence-corrected chi connectivity index (χ0v) is 12.7. The van der Waals surface area contributed by atoms with Crippen molar-refractivity contribution >= 4 is 0 Å². The van der Waals surface area contributed by atoms with Gasteiger partial charge in [0.2, 0.25) is 0 Å². The molecule has 18 heavy (non-hydrogen) atoms. The minimum Gasteiger partial charge on any atom is -0.499 e. The lowest BCUT2D eigenvalue weighted by Gasteiger charge is -2.30. The maximum atomic E-state index is 5.51. The van der Waals surface area contributed by atoms with Crippen LogP contribution in [0.5, 0.6) is 0 Å². The Balaban J connectivity index is 3.08. The van der Waals surface area contributed by atoms with Crippen LogP contribution in [0.15, 0.2) is 24.5 Å². The van der Waals surface area contributed by atoms with Gasteiger partial charge in [-0.15, -0.1) is 0 Å². The highest BCUT2D eigenvalue weighted by atomic mass is 16.5. The molecule has 0 saturated carbocycles. The number of benzene rings is 1. The van der Waals surface area contributed by atoms with E-state index < -0.39 is 0 Å². The Morgan fingerprint density at radius 2 is 1.67 bits per heavy atom. The van der Waals surface area contributed by atoms with E-state index in [2.05, 4.69) is 53.3 Å². The predicted molar refractivity (Wildman–Crippen MR) is 79.1 cm³/mol. The van der Waals surface area contributed by atoms with Crippen LogP contribution >= 0.6 is 0 Å². The summed E-state index contributed by atoms with van der Waals surface area (Å²) in [5.74, 6) is 0.877. The van der Waals surface area contributed by atoms with Crippen LogP contribution in [0.1, 0.15) is 49.4 Å². The molecule has 0 saturated heterocycles. The maximum Gasteiger partial charge on any atom is 0.0896 e. The normalized spacial score (nSPS) is 11.4. The van der Waals surface area contributed by atoms with Crippen molar-refractivity contribution in [2.75, 3.05) is 6.61 Å². The standard InChI is InChI=1S/C17H26O/c1-8-18-15(5)11-17(6,7)16-13(3)9-12(2)10-14(16)4/h9-10H,5,8,11H2,1-4,6-7H3. The van der Waals surface area contributed by atoms with Crippen molar-refractivity contribution in [1.82, 2.24) is 0 Å². The van der Waals surface area contributed by atoms with Gasteiger partial charge in [-0.25, -0.2) is 0 Å². The van der Waals surface area contributed by atoms with Gasteiger partial charge in [0.05, 0.1) is 12.4 Å². The van der Waals surface area contributed by atoms with Crippen LogP contribution in [-0.2, 0) is 10.2 Å². The summed E-state index contributed by atoms with van der Waals surface area (Å²) < 4.78 is 5.51. The lowest BCUT2D eigenvalue weighted by Crippen LogP contribution is -2.21. The lowest BCUT2D eigenvalue weighted by atomic mass is 9.76. The van der Waals surface area contributed by atoms with E-state index in [0.29, 0.717) is 6.61 Å². The quantitative estimate of drug-likeness (QED) is 0.676. The van der Waals surface area contributed by atoms with Crippen molar-refractivity contribution < 1.29 is 4.74 Å². The van der Waals surface area contributed by atoms with Crippen LogP contribution in [-0.4, -0.2) is 6.61 Å². The highest BCUT2D eigenvalue weighted by molar-refractivity contribution is 5.42. The molecule has 0 heterocycles. The third-order valence-electron chi connectivity index (χ3n) is 3.34. The molecule has 1 aromatic carbocycles. The van der Waals surface area contributed by atoms with Crippen molar-refractivity contribution in [2.45, 2.75) is 53.4 Å². The van der Waals surface area contributed by atoms with E-state index >= 15 is 0 Å². The molecule has 1 rings (SSSR count). The Morgan fingerprint density at radius 1 is 1.17 bits per heavy atom. The molecule has 0 atom stereocenters. The van der Waals surface area contributed by atoms with Crippen molar-refractivity contribution in [2.24, 2.45) is 0 Å². The minimum atomic E-state index is 0.0636. The Kier molecular flexibility index (Phi) is 4.61. The molecule has 0 fully saturated rings. The molecule has 0 radical (unpaired) electrons. The third kappa shape index (κ3) is 3.38. The topological polar surface area (TPSA) is 9.23 Å². The van der Waals surface area contributed by atoms with E-state index in [1.807, 2.05) is 6.92 Å². The van der Waals surface area contributed by atoms with E-state index in [-0.39, 0.29) is 5.41 Å². The second-order valence-corrected chi connectivity index (χ2v) is 5.81. The summed E-state index contributed by atoms with van der Waals surface area (Å²) in [6, 6.07) is 4.51. The molecule has 0 aliphatic rings. The van der Waals surface area contributed by atoms with Crippen LogP contribution in [0.25, 0.3) is 0 Å². The molecular weight excluding hydrogens is 220 g/mol. The summed E-state index contributed by atoms with van der Waals surface area (Å²) in [5, 5.41) is 0. The van der Waals surface area contributed by atoms with E-state index in [0.717, 1.165) is 12.2 Å². The van der Waals surface area contributed by atoms with E-state index in [1.165, 1.54) is 22.3 Å². The summed E-state index contributed by atoms with van der Waals surface area (Å²) in [5.41, 5.74) is 5.54. The number of ether oxygens (including phenoxy) is 1. The molecule has 0 aromatic heterocycles. The fraction of sp³-hybridized carbons (Fsp3) is 0.529. The first-order chi connectivity index (χ1) is 8.27. The Bertz CT molecular complexity index is 418. The molecule has 0 bridgehead atoms. The number of hydrogen-bond donors (Lipinski definition) is 0. The summed E-state index contributed by atoms with van der Waals surface area (Å²) in [4.78, 5) is 0. The Labute approximate surface area is 112 Å². The van der Waals surface area contributed by atoms with E-state index in [1.54, 1.807) is 0 Å². The van der Waals surface area contributed by atoms with Gasteiger partial charge in [-0.05, 0) is 49.8 Å². The molecule has 0 spiro atoms. The molecular formula is C17H26O. The van der Waals surface area contributed by atoms with Crippen LogP contribution < -0.4 is 0 Å². The van der Waals surface area contributed by atoms with Gasteiger partial charge in [-0.3, -0.25) is 0 Å². The summed E-state index contributed by atoms with van der Waals surface area (Å²) in [6.07, 6.45) is 0.867. The number of allylic oxidation sites excluding steroid dienone is 1. The molecule has 0 aliphatic heterocycles. The number of aryl methyl sites for hydroxylation is 3. The molecule has 1 nitrogen and oxygen atoms in total. The highest BCUT2D eigenvalue weighted by Gasteiger charge is 2.26. The van der Waals surface area contributed by atoms with Gasteiger partial charge in [0.25, 0.3) is 0 Å². The smallest absolute Gasteiger partial charge is 0.0896 e. The predicted octanol–water partition coefficient (Wildman–Crippen LogP) is 4.83. The molecule has 0 unspecified atom stereocenters. The largest absolute Gasteiger partial charge is 0.499 e. The van der Waals surface area contributed by atoms with Gasteiger partial charge in [-0.1, -0.05) is 38.1 Å². The van der Waals surface area contributed by atoms with Crippen molar-refractivity contribution in [3.8, 4) is 0 Å². The summed E-state index contributed by atoms with van der Waals surface area (Å²) in [7, 11) is 0. The SMILES string of the molecule is C=C(CC(C)(C)c1c(C)cc(C)cc1C)OCC. The second kappa shape index (κ2) is 5.60. The van der Waals surface area contributed by atoms with Crippen molar-refractivity contribution in [3.63, 3.8) is 0 Å². The van der Waals surface area contributed by atoms with Gasteiger partial charge in [0, 0.05) is 6.42 Å². The average molecular weight is 246 g/mol. The van der Waals surface area contributed by atoms with Crippen molar-refractivity contribution in [1.29, 1.82) is 0 Å². The maximum absolute atomic E-state index is 5.51. The van der Waals surface area contributed by atoms with Crippen LogP contribution in [0.4, 0.5) is 0 Å². The van der Waals surface area contributed by atoms with Crippen LogP contribution in [0, 0.1) is 20.8 Å². The molecule has 100 valence electrons. The van der Waals surface area contributed by atoms with Gasteiger partial charge in [0.15, 0.2) is 0 Å².